The van der Waals surface area contributed by atoms with Gasteiger partial charge in [-0.1, -0.05) is 24.3 Å². The van der Waals surface area contributed by atoms with Crippen LogP contribution in [0.4, 0.5) is 11.4 Å². The fraction of sp³-hybridized carbons (Fsp3) is 0.263. The Labute approximate surface area is 161 Å². The number of nitro benzene ring substituents is 1. The lowest BCUT2D eigenvalue weighted by Crippen LogP contribution is -2.22. The molecule has 7 nitrogen and oxygen atoms in total. The molecule has 0 atom stereocenters. The number of nitro groups is 1. The van der Waals surface area contributed by atoms with Crippen molar-refractivity contribution in [2.75, 3.05) is 17.7 Å². The summed E-state index contributed by atoms with van der Waals surface area (Å²) in [4.78, 5) is 35.5. The molecule has 8 heteroatoms. The molecular weight excluding hydrogens is 368 g/mol. The van der Waals surface area contributed by atoms with Gasteiger partial charge in [-0.15, -0.1) is 11.8 Å². The molecule has 0 fully saturated rings. The second-order valence-electron chi connectivity index (χ2n) is 5.92. The van der Waals surface area contributed by atoms with Gasteiger partial charge in [-0.05, 0) is 43.5 Å². The summed E-state index contributed by atoms with van der Waals surface area (Å²) in [6.45, 7) is 4.91. The van der Waals surface area contributed by atoms with E-state index in [1.165, 1.54) is 17.8 Å². The number of hydrogen-bond donors (Lipinski definition) is 1. The molecule has 0 unspecified atom stereocenters. The molecule has 0 aliphatic heterocycles. The van der Waals surface area contributed by atoms with E-state index in [2.05, 4.69) is 5.32 Å². The van der Waals surface area contributed by atoms with Gasteiger partial charge in [-0.3, -0.25) is 19.7 Å². The molecule has 0 aliphatic rings. The molecule has 0 saturated heterocycles. The zero-order valence-electron chi connectivity index (χ0n) is 15.3. The van der Waals surface area contributed by atoms with Crippen LogP contribution < -0.4 is 5.32 Å². The number of carbonyl (C=O) groups excluding carboxylic acids is 2. The predicted octanol–water partition coefficient (Wildman–Crippen LogP) is 3.79. The number of amides is 1. The van der Waals surface area contributed by atoms with Crippen molar-refractivity contribution >= 4 is 35.0 Å². The molecule has 0 heterocycles. The number of hydrogen-bond acceptors (Lipinski definition) is 6. The Hall–Kier alpha value is -2.87. The lowest BCUT2D eigenvalue weighted by atomic mass is 10.1. The van der Waals surface area contributed by atoms with E-state index in [1.807, 2.05) is 31.2 Å². The van der Waals surface area contributed by atoms with Crippen LogP contribution in [-0.2, 0) is 14.3 Å². The molecule has 0 radical (unpaired) electrons. The van der Waals surface area contributed by atoms with Gasteiger partial charge in [0.05, 0.1) is 10.7 Å². The van der Waals surface area contributed by atoms with Crippen molar-refractivity contribution in [2.24, 2.45) is 0 Å². The van der Waals surface area contributed by atoms with Crippen molar-refractivity contribution in [3.63, 3.8) is 0 Å². The zero-order chi connectivity index (χ0) is 20.0. The molecule has 1 amide bonds. The largest absolute Gasteiger partial charge is 0.455 e. The zero-order valence-corrected chi connectivity index (χ0v) is 16.1. The van der Waals surface area contributed by atoms with Gasteiger partial charge in [-0.25, -0.2) is 0 Å². The Morgan fingerprint density at radius 1 is 1.11 bits per heavy atom. The van der Waals surface area contributed by atoms with E-state index < -0.39 is 23.4 Å². The lowest BCUT2D eigenvalue weighted by molar-refractivity contribution is -0.384. The molecule has 0 saturated carbocycles. The van der Waals surface area contributed by atoms with Crippen molar-refractivity contribution in [2.45, 2.75) is 25.7 Å². The van der Waals surface area contributed by atoms with Crippen molar-refractivity contribution in [3.8, 4) is 0 Å². The third-order valence-corrected chi connectivity index (χ3v) is 5.13. The van der Waals surface area contributed by atoms with E-state index >= 15 is 0 Å². The summed E-state index contributed by atoms with van der Waals surface area (Å²) in [5, 5.41) is 13.6. The number of benzene rings is 2. The number of nitrogens with one attached hydrogen (secondary N) is 1. The average molecular weight is 388 g/mol. The summed E-state index contributed by atoms with van der Waals surface area (Å²) in [6, 6.07) is 10.6. The first-order chi connectivity index (χ1) is 12.8. The monoisotopic (exact) mass is 388 g/mol. The lowest BCUT2D eigenvalue weighted by Gasteiger charge is -2.11. The first-order valence-corrected chi connectivity index (χ1v) is 9.16. The van der Waals surface area contributed by atoms with Gasteiger partial charge in [0, 0.05) is 11.0 Å². The normalized spacial score (nSPS) is 10.3. The first-order valence-electron chi connectivity index (χ1n) is 8.18. The van der Waals surface area contributed by atoms with Gasteiger partial charge in [0.2, 0.25) is 0 Å². The van der Waals surface area contributed by atoms with Crippen LogP contribution in [0.25, 0.3) is 0 Å². The van der Waals surface area contributed by atoms with Gasteiger partial charge in [0.15, 0.2) is 6.61 Å². The highest BCUT2D eigenvalue weighted by Gasteiger charge is 2.20. The maximum Gasteiger partial charge on any atom is 0.316 e. The molecule has 2 aromatic carbocycles. The third kappa shape index (κ3) is 5.55. The van der Waals surface area contributed by atoms with Crippen LogP contribution in [0.15, 0.2) is 41.3 Å². The summed E-state index contributed by atoms with van der Waals surface area (Å²) in [7, 11) is 0. The molecule has 0 bridgehead atoms. The summed E-state index contributed by atoms with van der Waals surface area (Å²) in [5.41, 5.74) is 2.38. The number of thioether (sulfide) groups is 1. The maximum absolute atomic E-state index is 12.1. The van der Waals surface area contributed by atoms with Crippen molar-refractivity contribution < 1.29 is 19.2 Å². The molecule has 0 aliphatic carbocycles. The molecule has 2 rings (SSSR count). The maximum atomic E-state index is 12.1. The first kappa shape index (κ1) is 20.4. The van der Waals surface area contributed by atoms with Crippen LogP contribution >= 0.6 is 11.8 Å². The predicted molar refractivity (Wildman–Crippen MR) is 104 cm³/mol. The van der Waals surface area contributed by atoms with E-state index in [1.54, 1.807) is 19.9 Å². The van der Waals surface area contributed by atoms with E-state index in [0.717, 1.165) is 16.0 Å². The fourth-order valence-electron chi connectivity index (χ4n) is 2.33. The van der Waals surface area contributed by atoms with Crippen molar-refractivity contribution in [1.82, 2.24) is 0 Å². The fourth-order valence-corrected chi connectivity index (χ4v) is 3.16. The molecule has 27 heavy (non-hydrogen) atoms. The third-order valence-electron chi connectivity index (χ3n) is 3.98. The molecule has 1 N–H and O–H groups in total. The van der Waals surface area contributed by atoms with Gasteiger partial charge in [-0.2, -0.15) is 0 Å². The van der Waals surface area contributed by atoms with Gasteiger partial charge >= 0.3 is 5.97 Å². The quantitative estimate of drug-likeness (QED) is 0.335. The Morgan fingerprint density at radius 3 is 2.48 bits per heavy atom. The topological polar surface area (TPSA) is 98.5 Å². The van der Waals surface area contributed by atoms with Crippen LogP contribution in [0.5, 0.6) is 0 Å². The highest BCUT2D eigenvalue weighted by atomic mass is 32.2. The number of nitrogens with zero attached hydrogens (tertiary/aromatic N) is 1. The molecule has 142 valence electrons. The number of rotatable bonds is 7. The van der Waals surface area contributed by atoms with Crippen LogP contribution in [0.2, 0.25) is 0 Å². The number of esters is 1. The summed E-state index contributed by atoms with van der Waals surface area (Å²) >= 11 is 1.33. The minimum absolute atomic E-state index is 0.0712. The van der Waals surface area contributed by atoms with Gasteiger partial charge in [0.25, 0.3) is 11.6 Å². The molecule has 0 aromatic heterocycles. The second kappa shape index (κ2) is 9.18. The summed E-state index contributed by atoms with van der Waals surface area (Å²) < 4.78 is 4.97. The van der Waals surface area contributed by atoms with Crippen molar-refractivity contribution in [1.29, 1.82) is 0 Å². The van der Waals surface area contributed by atoms with Gasteiger partial charge in [0.1, 0.15) is 5.69 Å². The van der Waals surface area contributed by atoms with E-state index in [9.17, 15) is 19.7 Å². The SMILES string of the molecule is Cc1ccccc1SCC(=O)OCC(=O)Nc1c([N+](=O)[O-])ccc(C)c1C. The van der Waals surface area contributed by atoms with Crippen LogP contribution in [-0.4, -0.2) is 29.2 Å². The van der Waals surface area contributed by atoms with E-state index in [-0.39, 0.29) is 17.1 Å². The number of anilines is 1. The Bertz CT molecular complexity index is 882. The van der Waals surface area contributed by atoms with Crippen molar-refractivity contribution in [3.05, 3.63) is 63.2 Å². The molecular formula is C19H20N2O5S. The highest BCUT2D eigenvalue weighted by molar-refractivity contribution is 8.00. The smallest absolute Gasteiger partial charge is 0.316 e. The second-order valence-corrected chi connectivity index (χ2v) is 6.94. The number of ether oxygens (including phenoxy) is 1. The standard InChI is InChI=1S/C19H20N2O5S/c1-12-8-9-15(21(24)25)19(14(12)3)20-17(22)10-26-18(23)11-27-16-7-5-4-6-13(16)2/h4-9H,10-11H2,1-3H3,(H,20,22). The van der Waals surface area contributed by atoms with E-state index in [4.69, 9.17) is 4.74 Å². The minimum atomic E-state index is -0.624. The van der Waals surface area contributed by atoms with Crippen LogP contribution in [0, 0.1) is 30.9 Å². The molecule has 2 aromatic rings. The average Bonchev–Trinajstić information content (AvgIpc) is 2.63. The Balaban J connectivity index is 1.91. The minimum Gasteiger partial charge on any atom is -0.455 e. The summed E-state index contributed by atoms with van der Waals surface area (Å²) in [6.07, 6.45) is 0. The molecule has 0 spiro atoms. The van der Waals surface area contributed by atoms with Gasteiger partial charge < -0.3 is 10.1 Å². The summed E-state index contributed by atoms with van der Waals surface area (Å²) in [5.74, 6) is -1.09. The Kier molecular flexibility index (Phi) is 6.95. The highest BCUT2D eigenvalue weighted by Crippen LogP contribution is 2.30. The van der Waals surface area contributed by atoms with Crippen LogP contribution in [0.1, 0.15) is 16.7 Å². The Morgan fingerprint density at radius 2 is 1.81 bits per heavy atom. The van der Waals surface area contributed by atoms with Crippen LogP contribution in [0.3, 0.4) is 0 Å². The number of carbonyl (C=O) groups is 2. The number of aryl methyl sites for hydroxylation is 2. The van der Waals surface area contributed by atoms with E-state index in [0.29, 0.717) is 5.56 Å².